The lowest BCUT2D eigenvalue weighted by molar-refractivity contribution is 0.292. The average Bonchev–Trinajstić information content (AvgIpc) is 2.89. The molecule has 2 aromatic heterocycles. The molecule has 7 nitrogen and oxygen atoms in total. The Morgan fingerprint density at radius 3 is 2.50 bits per heavy atom. The normalized spacial score (nSPS) is 10.8. The molecule has 0 spiro atoms. The van der Waals surface area contributed by atoms with E-state index in [4.69, 9.17) is 4.74 Å². The first-order valence-electron chi connectivity index (χ1n) is 7.62. The highest BCUT2D eigenvalue weighted by Crippen LogP contribution is 2.20. The van der Waals surface area contributed by atoms with Crippen molar-refractivity contribution in [3.05, 3.63) is 63.2 Å². The van der Waals surface area contributed by atoms with E-state index in [1.807, 2.05) is 51.1 Å². The third kappa shape index (κ3) is 2.92. The van der Waals surface area contributed by atoms with Crippen molar-refractivity contribution in [1.29, 1.82) is 0 Å². The van der Waals surface area contributed by atoms with Crippen molar-refractivity contribution in [2.45, 2.75) is 27.4 Å². The van der Waals surface area contributed by atoms with Gasteiger partial charge in [-0.3, -0.25) is 0 Å². The molecule has 24 heavy (non-hydrogen) atoms. The molecule has 0 aliphatic rings. The number of tetrazole rings is 1. The molecule has 0 N–H and O–H groups in total. The quantitative estimate of drug-likeness (QED) is 0.732. The summed E-state index contributed by atoms with van der Waals surface area (Å²) < 4.78 is 8.31. The van der Waals surface area contributed by atoms with Crippen molar-refractivity contribution in [1.82, 2.24) is 24.8 Å². The Balaban J connectivity index is 1.94. The number of aromatic nitrogens is 5. The largest absolute Gasteiger partial charge is 0.473 e. The second-order valence-corrected chi connectivity index (χ2v) is 5.71. The maximum Gasteiger partial charge on any atom is 0.368 e. The van der Waals surface area contributed by atoms with E-state index >= 15 is 0 Å². The monoisotopic (exact) mass is 325 g/mol. The van der Waals surface area contributed by atoms with Crippen LogP contribution in [0.15, 0.2) is 35.1 Å². The van der Waals surface area contributed by atoms with E-state index in [1.54, 1.807) is 7.05 Å². The first-order chi connectivity index (χ1) is 11.5. The third-order valence-corrected chi connectivity index (χ3v) is 4.02. The van der Waals surface area contributed by atoms with Gasteiger partial charge in [0.2, 0.25) is 5.88 Å². The second-order valence-electron chi connectivity index (χ2n) is 5.71. The second kappa shape index (κ2) is 6.27. The number of nitrogens with zero attached hydrogens (tertiary/aromatic N) is 5. The highest BCUT2D eigenvalue weighted by Gasteiger charge is 2.13. The van der Waals surface area contributed by atoms with Gasteiger partial charge in [-0.05, 0) is 48.4 Å². The zero-order valence-electron chi connectivity index (χ0n) is 14.1. The van der Waals surface area contributed by atoms with Crippen molar-refractivity contribution in [3.63, 3.8) is 0 Å². The lowest BCUT2D eigenvalue weighted by Crippen LogP contribution is -2.23. The van der Waals surface area contributed by atoms with Gasteiger partial charge in [-0.1, -0.05) is 18.2 Å². The molecular formula is C17H19N5O2. The fourth-order valence-electron chi connectivity index (χ4n) is 2.37. The molecule has 0 amide bonds. The van der Waals surface area contributed by atoms with Crippen LogP contribution in [0, 0.1) is 20.8 Å². The first kappa shape index (κ1) is 15.9. The van der Waals surface area contributed by atoms with Crippen LogP contribution in [-0.4, -0.2) is 24.8 Å². The minimum absolute atomic E-state index is 0.292. The summed E-state index contributed by atoms with van der Waals surface area (Å²) in [7, 11) is 1.57. The van der Waals surface area contributed by atoms with Crippen LogP contribution in [0.5, 0.6) is 5.88 Å². The summed E-state index contributed by atoms with van der Waals surface area (Å²) in [5.41, 5.74) is 4.30. The SMILES string of the molecule is Cc1ccc(OCc2c(C)cccc2-n2nnn(C)c2=O)nc1C. The van der Waals surface area contributed by atoms with Crippen LogP contribution < -0.4 is 10.4 Å². The minimum Gasteiger partial charge on any atom is -0.473 e. The fraction of sp³-hybridized carbons (Fsp3) is 0.294. The standard InChI is InChI=1S/C17H19N5O2/c1-11-8-9-16(18-13(11)3)24-10-14-12(2)6-5-7-15(14)22-17(23)21(4)19-20-22/h5-9H,10H2,1-4H3. The van der Waals surface area contributed by atoms with Gasteiger partial charge in [0.15, 0.2) is 0 Å². The first-order valence-corrected chi connectivity index (χ1v) is 7.62. The number of aryl methyl sites for hydroxylation is 4. The lowest BCUT2D eigenvalue weighted by atomic mass is 10.1. The Bertz CT molecular complexity index is 942. The van der Waals surface area contributed by atoms with Crippen LogP contribution >= 0.6 is 0 Å². The molecular weight excluding hydrogens is 306 g/mol. The Morgan fingerprint density at radius 1 is 1.04 bits per heavy atom. The number of ether oxygens (including phenoxy) is 1. The Hall–Kier alpha value is -2.96. The molecule has 3 rings (SSSR count). The minimum atomic E-state index is -0.300. The maximum atomic E-state index is 12.1. The summed E-state index contributed by atoms with van der Waals surface area (Å²) in [6.07, 6.45) is 0. The average molecular weight is 325 g/mol. The van der Waals surface area contributed by atoms with Gasteiger partial charge in [-0.25, -0.2) is 9.78 Å². The highest BCUT2D eigenvalue weighted by molar-refractivity contribution is 5.44. The van der Waals surface area contributed by atoms with Crippen molar-refractivity contribution in [3.8, 4) is 11.6 Å². The van der Waals surface area contributed by atoms with Crippen molar-refractivity contribution >= 4 is 0 Å². The van der Waals surface area contributed by atoms with E-state index in [9.17, 15) is 4.79 Å². The molecule has 1 aromatic carbocycles. The molecule has 0 saturated carbocycles. The fourth-order valence-corrected chi connectivity index (χ4v) is 2.37. The Morgan fingerprint density at radius 2 is 1.83 bits per heavy atom. The van der Waals surface area contributed by atoms with Gasteiger partial charge in [-0.2, -0.15) is 9.36 Å². The molecule has 0 bridgehead atoms. The number of hydrogen-bond donors (Lipinski definition) is 0. The Labute approximate surface area is 139 Å². The number of hydrogen-bond acceptors (Lipinski definition) is 5. The van der Waals surface area contributed by atoms with Gasteiger partial charge in [0.25, 0.3) is 0 Å². The van der Waals surface area contributed by atoms with Gasteiger partial charge in [0.1, 0.15) is 6.61 Å². The van der Waals surface area contributed by atoms with Crippen LogP contribution in [-0.2, 0) is 13.7 Å². The van der Waals surface area contributed by atoms with Crippen LogP contribution in [0.4, 0.5) is 0 Å². The predicted octanol–water partition coefficient (Wildman–Crippen LogP) is 1.87. The molecule has 7 heteroatoms. The smallest absolute Gasteiger partial charge is 0.368 e. The summed E-state index contributed by atoms with van der Waals surface area (Å²) in [6, 6.07) is 9.49. The van der Waals surface area contributed by atoms with E-state index in [2.05, 4.69) is 15.4 Å². The van der Waals surface area contributed by atoms with Crippen molar-refractivity contribution in [2.24, 2.45) is 7.05 Å². The Kier molecular flexibility index (Phi) is 4.16. The summed E-state index contributed by atoms with van der Waals surface area (Å²) >= 11 is 0. The van der Waals surface area contributed by atoms with Crippen LogP contribution in [0.3, 0.4) is 0 Å². The number of rotatable bonds is 4. The molecule has 124 valence electrons. The van der Waals surface area contributed by atoms with Crippen molar-refractivity contribution < 1.29 is 4.74 Å². The van der Waals surface area contributed by atoms with E-state index in [-0.39, 0.29) is 5.69 Å². The van der Waals surface area contributed by atoms with E-state index in [0.29, 0.717) is 18.2 Å². The molecule has 0 aliphatic heterocycles. The van der Waals surface area contributed by atoms with Crippen LogP contribution in [0.1, 0.15) is 22.4 Å². The zero-order chi connectivity index (χ0) is 17.3. The molecule has 0 aliphatic carbocycles. The molecule has 0 saturated heterocycles. The van der Waals surface area contributed by atoms with Gasteiger partial charge < -0.3 is 4.74 Å². The van der Waals surface area contributed by atoms with Crippen LogP contribution in [0.25, 0.3) is 5.69 Å². The molecule has 0 radical (unpaired) electrons. The summed E-state index contributed by atoms with van der Waals surface area (Å²) in [5.74, 6) is 0.554. The molecule has 0 fully saturated rings. The predicted molar refractivity (Wildman–Crippen MR) is 89.4 cm³/mol. The topological polar surface area (TPSA) is 74.8 Å². The summed E-state index contributed by atoms with van der Waals surface area (Å²) in [5, 5.41) is 7.68. The van der Waals surface area contributed by atoms with Crippen LogP contribution in [0.2, 0.25) is 0 Å². The lowest BCUT2D eigenvalue weighted by Gasteiger charge is -2.13. The zero-order valence-corrected chi connectivity index (χ0v) is 14.1. The van der Waals surface area contributed by atoms with Gasteiger partial charge in [0, 0.05) is 24.4 Å². The maximum absolute atomic E-state index is 12.1. The van der Waals surface area contributed by atoms with E-state index < -0.39 is 0 Å². The van der Waals surface area contributed by atoms with E-state index in [1.165, 1.54) is 9.36 Å². The van der Waals surface area contributed by atoms with Gasteiger partial charge in [-0.15, -0.1) is 0 Å². The number of pyridine rings is 1. The molecule has 0 unspecified atom stereocenters. The third-order valence-electron chi connectivity index (χ3n) is 4.02. The highest BCUT2D eigenvalue weighted by atomic mass is 16.5. The van der Waals surface area contributed by atoms with Gasteiger partial charge in [0.05, 0.1) is 5.69 Å². The summed E-state index contributed by atoms with van der Waals surface area (Å²) in [6.45, 7) is 6.21. The molecule has 0 atom stereocenters. The van der Waals surface area contributed by atoms with Crippen molar-refractivity contribution in [2.75, 3.05) is 0 Å². The molecule has 3 aromatic rings. The number of benzene rings is 1. The summed E-state index contributed by atoms with van der Waals surface area (Å²) in [4.78, 5) is 16.6. The van der Waals surface area contributed by atoms with Gasteiger partial charge >= 0.3 is 5.69 Å². The molecule has 2 heterocycles. The van der Waals surface area contributed by atoms with E-state index in [0.717, 1.165) is 22.4 Å².